The predicted molar refractivity (Wildman–Crippen MR) is 398 cm³/mol. The zero-order valence-corrected chi connectivity index (χ0v) is 64.0. The largest absolute Gasteiger partial charge is 0.508 e. The van der Waals surface area contributed by atoms with Crippen LogP contribution in [-0.2, 0) is 94.3 Å². The van der Waals surface area contributed by atoms with Crippen LogP contribution in [0.25, 0.3) is 0 Å². The number of carboxylic acid groups (broad SMARTS) is 2. The Labute approximate surface area is 636 Å². The third kappa shape index (κ3) is 31.8. The van der Waals surface area contributed by atoms with Gasteiger partial charge in [0.05, 0.1) is 19.0 Å². The molecule has 0 bridgehead atoms. The minimum Gasteiger partial charge on any atom is -0.508 e. The number of carboxylic acids is 2. The van der Waals surface area contributed by atoms with Crippen LogP contribution in [0.5, 0.6) is 5.75 Å². The predicted octanol–water partition coefficient (Wildman–Crippen LogP) is -3.62. The van der Waals surface area contributed by atoms with Crippen molar-refractivity contribution in [3.8, 4) is 5.75 Å². The molecule has 0 saturated carbocycles. The fourth-order valence-corrected chi connectivity index (χ4v) is 11.7. The van der Waals surface area contributed by atoms with E-state index in [1.54, 1.807) is 90.3 Å². The first-order valence-corrected chi connectivity index (χ1v) is 37.4. The van der Waals surface area contributed by atoms with E-state index in [2.05, 4.69) is 81.7 Å². The van der Waals surface area contributed by atoms with Gasteiger partial charge in [-0.3, -0.25) is 81.5 Å². The van der Waals surface area contributed by atoms with Crippen molar-refractivity contribution < 1.29 is 96.8 Å². The molecule has 0 radical (unpaired) electrons. The van der Waals surface area contributed by atoms with E-state index in [9.17, 15) is 91.7 Å². The molecule has 1 aliphatic heterocycles. The van der Waals surface area contributed by atoms with Crippen molar-refractivity contribution in [1.82, 2.24) is 74.0 Å². The second-order valence-electron chi connectivity index (χ2n) is 27.1. The van der Waals surface area contributed by atoms with E-state index in [-0.39, 0.29) is 68.9 Å². The van der Waals surface area contributed by atoms with Crippen LogP contribution >= 0.6 is 24.4 Å². The van der Waals surface area contributed by atoms with Crippen LogP contribution in [0, 0.1) is 17.8 Å². The molecule has 0 unspecified atom stereocenters. The number of rotatable bonds is 46. The molecule has 108 heavy (non-hydrogen) atoms. The second-order valence-corrected chi connectivity index (χ2v) is 28.5. The average molecular weight is 1560 g/mol. The van der Waals surface area contributed by atoms with Gasteiger partial charge in [-0.25, -0.2) is 0 Å². The standard InChI is InChI=1S/C70H106N16O20S2/c1-11-37(6)57(85-68(104)51-18-15-26-86(51)70(106)56(36(4)5)84-64(100)45(23-24-54(90)91)79-67(103)50(34-107)83-61(97)44(71)29-42-19-21-43(87)22-20-42)69(105)82-49(31-52(72)88)66(102)81-48(30-41-16-13-12-14-17-41)65(101)77-40(9)59(95)78-46(25-27-108-10)63(99)76-38(7)58(94)75-39(8)60(96)80-47(28-35(2)3)62(98)74-32-53(89)73-33-55(92)93/h12-14,16-17,19-22,35-40,44-51,56-57,87,107H,11,15,18,23-34,71H2,1-10H3,(H2,72,88)(H,73,89)(H,74,98)(H,75,94)(H,76,99)(H,77,101)(H,78,95)(H,79,103)(H,80,96)(H,81,102)(H,82,105)(H,83,97)(H,84,100)(H,85,104)(H,90,91)(H,92,93)/t37-,38-,39-,40-,44-,45-,46-,47-,48-,49-,50-,51-,56-,57-/m0/s1. The topological polar surface area (TPSA) is 563 Å². The highest BCUT2D eigenvalue weighted by molar-refractivity contribution is 7.98. The summed E-state index contributed by atoms with van der Waals surface area (Å²) in [6.45, 7) is 12.7. The lowest BCUT2D eigenvalue weighted by atomic mass is 9.96. The van der Waals surface area contributed by atoms with E-state index >= 15 is 0 Å². The van der Waals surface area contributed by atoms with E-state index in [1.807, 2.05) is 0 Å². The number of hydrogen-bond donors (Lipinski definition) is 19. The Bertz CT molecular complexity index is 3480. The summed E-state index contributed by atoms with van der Waals surface area (Å²) in [5.74, 6) is -17.3. The van der Waals surface area contributed by atoms with Crippen molar-refractivity contribution in [2.75, 3.05) is 37.4 Å². The number of likely N-dealkylation sites (tertiary alicyclic amines) is 1. The minimum atomic E-state index is -1.79. The van der Waals surface area contributed by atoms with Gasteiger partial charge in [-0.1, -0.05) is 90.4 Å². The molecule has 36 nitrogen and oxygen atoms in total. The fraction of sp³-hybridized carbons (Fsp3) is 0.586. The van der Waals surface area contributed by atoms with Gasteiger partial charge in [0.15, 0.2) is 0 Å². The number of amides is 15. The molecule has 1 aliphatic rings. The Kier molecular flexibility index (Phi) is 39.4. The zero-order chi connectivity index (χ0) is 81.2. The van der Waals surface area contributed by atoms with Crippen LogP contribution < -0.4 is 80.6 Å². The molecule has 1 saturated heterocycles. The third-order valence-corrected chi connectivity index (χ3v) is 18.3. The molecule has 0 aromatic heterocycles. The quantitative estimate of drug-likeness (QED) is 0.0285. The first-order valence-electron chi connectivity index (χ1n) is 35.4. The van der Waals surface area contributed by atoms with Gasteiger partial charge in [-0.05, 0) is 112 Å². The van der Waals surface area contributed by atoms with E-state index in [0.29, 0.717) is 16.9 Å². The lowest BCUT2D eigenvalue weighted by Gasteiger charge is -2.33. The molecule has 0 spiro atoms. The molecule has 598 valence electrons. The number of phenolic OH excluding ortho intramolecular Hbond substituents is 1. The number of hydrogen-bond acceptors (Lipinski definition) is 21. The summed E-state index contributed by atoms with van der Waals surface area (Å²) in [4.78, 5) is 229. The number of phenols is 1. The van der Waals surface area contributed by atoms with Gasteiger partial charge < -0.3 is 101 Å². The summed E-state index contributed by atoms with van der Waals surface area (Å²) < 4.78 is 0. The van der Waals surface area contributed by atoms with Crippen molar-refractivity contribution in [1.29, 1.82) is 0 Å². The molecule has 1 fully saturated rings. The Balaban J connectivity index is 1.78. The van der Waals surface area contributed by atoms with Gasteiger partial charge in [-0.15, -0.1) is 0 Å². The summed E-state index contributed by atoms with van der Waals surface area (Å²) in [7, 11) is 0. The molecule has 15 amide bonds. The Morgan fingerprint density at radius 2 is 1.04 bits per heavy atom. The van der Waals surface area contributed by atoms with Gasteiger partial charge in [0, 0.05) is 25.1 Å². The monoisotopic (exact) mass is 1550 g/mol. The van der Waals surface area contributed by atoms with Gasteiger partial charge in [0.2, 0.25) is 88.6 Å². The van der Waals surface area contributed by atoms with Gasteiger partial charge in [-0.2, -0.15) is 24.4 Å². The first kappa shape index (κ1) is 92.1. The summed E-state index contributed by atoms with van der Waals surface area (Å²) in [5, 5.41) is 60.3. The Hall–Kier alpha value is -10.1. The Morgan fingerprint density at radius 1 is 0.537 bits per heavy atom. The van der Waals surface area contributed by atoms with Crippen molar-refractivity contribution >= 4 is 125 Å². The maximum atomic E-state index is 14.6. The summed E-state index contributed by atoms with van der Waals surface area (Å²) in [6, 6.07) is -3.79. The number of thiol groups is 1. The number of aliphatic carboxylic acids is 2. The lowest BCUT2D eigenvalue weighted by Crippen LogP contribution is -2.62. The van der Waals surface area contributed by atoms with Crippen LogP contribution in [-0.4, -0.2) is 237 Å². The molecular weight excluding hydrogens is 1450 g/mol. The molecule has 0 aliphatic carbocycles. The number of primary amides is 1. The van der Waals surface area contributed by atoms with Crippen molar-refractivity contribution in [3.63, 3.8) is 0 Å². The molecule has 1 heterocycles. The van der Waals surface area contributed by atoms with Gasteiger partial charge in [0.25, 0.3) is 0 Å². The van der Waals surface area contributed by atoms with E-state index in [4.69, 9.17) is 16.6 Å². The van der Waals surface area contributed by atoms with Crippen LogP contribution in [0.2, 0.25) is 0 Å². The number of nitrogens with zero attached hydrogens (tertiary/aromatic N) is 1. The lowest BCUT2D eigenvalue weighted by molar-refractivity contribution is -0.144. The molecule has 2 aromatic rings. The highest BCUT2D eigenvalue weighted by Crippen LogP contribution is 2.23. The summed E-state index contributed by atoms with van der Waals surface area (Å²) >= 11 is 5.52. The molecule has 2 aromatic carbocycles. The number of aromatic hydroxyl groups is 1. The van der Waals surface area contributed by atoms with Gasteiger partial charge >= 0.3 is 11.9 Å². The molecule has 3 rings (SSSR count). The first-order chi connectivity index (χ1) is 50.8. The van der Waals surface area contributed by atoms with Gasteiger partial charge in [0.1, 0.15) is 84.8 Å². The average Bonchev–Trinajstić information content (AvgIpc) is 1.59. The fourth-order valence-electron chi connectivity index (χ4n) is 11.0. The summed E-state index contributed by atoms with van der Waals surface area (Å²) in [5.41, 5.74) is 12.8. The van der Waals surface area contributed by atoms with Crippen LogP contribution in [0.3, 0.4) is 0 Å². The maximum Gasteiger partial charge on any atom is 0.322 e. The SMILES string of the molecule is CC[C@H](C)[C@H](NC(=O)[C@@H]1CCCN1C(=O)[C@@H](NC(=O)[C@H](CCC(=O)O)NC(=O)[C@H](CS)NC(=O)[C@@H](N)Cc1ccc(O)cc1)C(C)C)C(=O)N[C@@H](CC(N)=O)C(=O)N[C@@H](Cc1ccccc1)C(=O)N[C@@H](C)C(=O)N[C@@H](CCSC)C(=O)N[C@@H](C)C(=O)N[C@@H](C)C(=O)N[C@@H](CC(C)C)C(=O)NCC(=O)NCC(=O)O. The highest BCUT2D eigenvalue weighted by Gasteiger charge is 2.43. The Morgan fingerprint density at radius 3 is 1.58 bits per heavy atom. The number of carbonyl (C=O) groups is 17. The normalized spacial score (nSPS) is 16.1. The summed E-state index contributed by atoms with van der Waals surface area (Å²) in [6.07, 6.45) is 0.368. The zero-order valence-electron chi connectivity index (χ0n) is 62.3. The molecule has 38 heteroatoms. The van der Waals surface area contributed by atoms with Crippen molar-refractivity contribution in [2.45, 2.75) is 205 Å². The van der Waals surface area contributed by atoms with Crippen LogP contribution in [0.15, 0.2) is 54.6 Å². The molecule has 20 N–H and O–H groups in total. The second kappa shape index (κ2) is 46.2. The van der Waals surface area contributed by atoms with Crippen molar-refractivity contribution in [2.24, 2.45) is 29.2 Å². The smallest absolute Gasteiger partial charge is 0.322 e. The van der Waals surface area contributed by atoms with E-state index in [1.165, 1.54) is 49.6 Å². The number of nitrogens with one attached hydrogen (secondary N) is 13. The maximum absolute atomic E-state index is 14.6. The highest BCUT2D eigenvalue weighted by atomic mass is 32.2. The number of carbonyl (C=O) groups excluding carboxylic acids is 15. The molecule has 14 atom stereocenters. The molecular formula is C70H106N16O20S2. The number of benzene rings is 2. The van der Waals surface area contributed by atoms with Crippen LogP contribution in [0.4, 0.5) is 0 Å². The van der Waals surface area contributed by atoms with Crippen LogP contribution in [0.1, 0.15) is 125 Å². The third-order valence-electron chi connectivity index (χ3n) is 17.3. The van der Waals surface area contributed by atoms with E-state index in [0.717, 1.165) is 0 Å². The minimum absolute atomic E-state index is 0.0000208. The van der Waals surface area contributed by atoms with Crippen molar-refractivity contribution in [3.05, 3.63) is 65.7 Å². The van der Waals surface area contributed by atoms with E-state index < -0.39 is 223 Å². The number of nitrogens with two attached hydrogens (primary N) is 2. The number of thioether (sulfide) groups is 1.